The standard InChI is InChI=1S/C17H21N7O2/c25-16-5-4-12(10-21-16)17(26)20-8-7-19-14-9-15(23-11-22-14)24-13-3-1-2-6-18-13/h1-3,6,9,11-12H,4-5,7-8,10H2,(H,20,26)(H,21,25)(H2,18,19,22,23,24). The third kappa shape index (κ3) is 5.13. The zero-order valence-electron chi connectivity index (χ0n) is 14.2. The van der Waals surface area contributed by atoms with Crippen LogP contribution in [0.5, 0.6) is 0 Å². The molecule has 3 heterocycles. The van der Waals surface area contributed by atoms with Crippen molar-refractivity contribution in [3.8, 4) is 0 Å². The van der Waals surface area contributed by atoms with E-state index in [0.29, 0.717) is 49.9 Å². The molecule has 4 N–H and O–H groups in total. The number of aromatic nitrogens is 3. The van der Waals surface area contributed by atoms with Crippen LogP contribution in [0.3, 0.4) is 0 Å². The van der Waals surface area contributed by atoms with Crippen LogP contribution in [0, 0.1) is 5.92 Å². The molecule has 0 aromatic carbocycles. The van der Waals surface area contributed by atoms with Gasteiger partial charge in [0.05, 0.1) is 5.92 Å². The molecule has 26 heavy (non-hydrogen) atoms. The molecule has 1 unspecified atom stereocenters. The SMILES string of the molecule is O=C1CCC(C(=O)NCCNc2cc(Nc3ccccn3)ncn2)CN1. The van der Waals surface area contributed by atoms with E-state index in [2.05, 4.69) is 36.2 Å². The molecule has 2 aromatic rings. The Labute approximate surface area is 151 Å². The van der Waals surface area contributed by atoms with Crippen LogP contribution in [-0.2, 0) is 9.59 Å². The first-order chi connectivity index (χ1) is 12.7. The summed E-state index contributed by atoms with van der Waals surface area (Å²) in [6.45, 7) is 1.41. The number of carbonyl (C=O) groups is 2. The summed E-state index contributed by atoms with van der Waals surface area (Å²) in [5.74, 6) is 1.80. The monoisotopic (exact) mass is 355 g/mol. The Bertz CT molecular complexity index is 744. The van der Waals surface area contributed by atoms with Crippen molar-refractivity contribution in [3.05, 3.63) is 36.8 Å². The first-order valence-corrected chi connectivity index (χ1v) is 8.49. The number of hydrogen-bond donors (Lipinski definition) is 4. The molecule has 1 aliphatic rings. The Morgan fingerprint density at radius 3 is 2.81 bits per heavy atom. The summed E-state index contributed by atoms with van der Waals surface area (Å²) < 4.78 is 0. The number of rotatable bonds is 7. The molecule has 9 heteroatoms. The highest BCUT2D eigenvalue weighted by molar-refractivity contribution is 5.83. The van der Waals surface area contributed by atoms with E-state index in [-0.39, 0.29) is 17.7 Å². The second-order valence-corrected chi connectivity index (χ2v) is 5.89. The van der Waals surface area contributed by atoms with Crippen molar-refractivity contribution in [1.29, 1.82) is 0 Å². The van der Waals surface area contributed by atoms with Gasteiger partial charge in [-0.3, -0.25) is 9.59 Å². The number of anilines is 3. The van der Waals surface area contributed by atoms with E-state index in [1.54, 1.807) is 12.3 Å². The molecule has 136 valence electrons. The van der Waals surface area contributed by atoms with Gasteiger partial charge in [0.25, 0.3) is 0 Å². The number of nitrogens with one attached hydrogen (secondary N) is 4. The summed E-state index contributed by atoms with van der Waals surface area (Å²) in [5, 5.41) is 11.8. The van der Waals surface area contributed by atoms with Gasteiger partial charge in [-0.2, -0.15) is 0 Å². The van der Waals surface area contributed by atoms with Crippen LogP contribution < -0.4 is 21.3 Å². The second kappa shape index (κ2) is 8.75. The molecule has 9 nitrogen and oxygen atoms in total. The van der Waals surface area contributed by atoms with Gasteiger partial charge in [0.2, 0.25) is 11.8 Å². The molecule has 0 saturated carbocycles. The average Bonchev–Trinajstić information content (AvgIpc) is 2.67. The van der Waals surface area contributed by atoms with Gasteiger partial charge in [-0.15, -0.1) is 0 Å². The van der Waals surface area contributed by atoms with Crippen molar-refractivity contribution in [2.75, 3.05) is 30.3 Å². The van der Waals surface area contributed by atoms with Gasteiger partial charge in [0.1, 0.15) is 23.8 Å². The van der Waals surface area contributed by atoms with Crippen molar-refractivity contribution >= 4 is 29.3 Å². The largest absolute Gasteiger partial charge is 0.368 e. The maximum atomic E-state index is 12.0. The summed E-state index contributed by atoms with van der Waals surface area (Å²) in [6.07, 6.45) is 4.16. The predicted molar refractivity (Wildman–Crippen MR) is 96.8 cm³/mol. The van der Waals surface area contributed by atoms with Crippen LogP contribution >= 0.6 is 0 Å². The van der Waals surface area contributed by atoms with Crippen molar-refractivity contribution in [3.63, 3.8) is 0 Å². The maximum absolute atomic E-state index is 12.0. The van der Waals surface area contributed by atoms with Gasteiger partial charge >= 0.3 is 0 Å². The Morgan fingerprint density at radius 2 is 2.04 bits per heavy atom. The number of amides is 2. The summed E-state index contributed by atoms with van der Waals surface area (Å²) in [7, 11) is 0. The third-order valence-corrected chi connectivity index (χ3v) is 3.95. The maximum Gasteiger partial charge on any atom is 0.224 e. The van der Waals surface area contributed by atoms with Gasteiger partial charge in [-0.1, -0.05) is 6.07 Å². The highest BCUT2D eigenvalue weighted by atomic mass is 16.2. The molecule has 2 amide bonds. The lowest BCUT2D eigenvalue weighted by atomic mass is 9.98. The quantitative estimate of drug-likeness (QED) is 0.539. The zero-order chi connectivity index (χ0) is 18.2. The smallest absolute Gasteiger partial charge is 0.224 e. The fourth-order valence-corrected chi connectivity index (χ4v) is 2.57. The lowest BCUT2D eigenvalue weighted by Gasteiger charge is -2.21. The second-order valence-electron chi connectivity index (χ2n) is 5.89. The van der Waals surface area contributed by atoms with Crippen molar-refractivity contribution in [1.82, 2.24) is 25.6 Å². The molecule has 1 fully saturated rings. The topological polar surface area (TPSA) is 121 Å². The fraction of sp³-hybridized carbons (Fsp3) is 0.353. The Hall–Kier alpha value is -3.23. The van der Waals surface area contributed by atoms with E-state index < -0.39 is 0 Å². The molecule has 3 rings (SSSR count). The van der Waals surface area contributed by atoms with Crippen molar-refractivity contribution < 1.29 is 9.59 Å². The highest BCUT2D eigenvalue weighted by Crippen LogP contribution is 2.13. The van der Waals surface area contributed by atoms with E-state index in [9.17, 15) is 9.59 Å². The van der Waals surface area contributed by atoms with Gasteiger partial charge < -0.3 is 21.3 Å². The minimum absolute atomic E-state index is 0.00888. The van der Waals surface area contributed by atoms with Gasteiger partial charge in [0.15, 0.2) is 0 Å². The number of nitrogens with zero attached hydrogens (tertiary/aromatic N) is 3. The highest BCUT2D eigenvalue weighted by Gasteiger charge is 2.23. The Balaban J connectivity index is 1.41. The molecule has 2 aromatic heterocycles. The predicted octanol–water partition coefficient (Wildman–Crippen LogP) is 0.669. The van der Waals surface area contributed by atoms with Crippen LogP contribution in [-0.4, -0.2) is 46.4 Å². The molecule has 1 aliphatic heterocycles. The minimum Gasteiger partial charge on any atom is -0.368 e. The first-order valence-electron chi connectivity index (χ1n) is 8.49. The van der Waals surface area contributed by atoms with Crippen LogP contribution in [0.15, 0.2) is 36.8 Å². The van der Waals surface area contributed by atoms with Crippen LogP contribution in [0.4, 0.5) is 17.5 Å². The van der Waals surface area contributed by atoms with E-state index in [1.807, 2.05) is 18.2 Å². The zero-order valence-corrected chi connectivity index (χ0v) is 14.2. The van der Waals surface area contributed by atoms with E-state index in [1.165, 1.54) is 6.33 Å². The summed E-state index contributed by atoms with van der Waals surface area (Å²) in [4.78, 5) is 35.6. The van der Waals surface area contributed by atoms with Crippen LogP contribution in [0.1, 0.15) is 12.8 Å². The third-order valence-electron chi connectivity index (χ3n) is 3.95. The molecule has 0 radical (unpaired) electrons. The molecule has 0 bridgehead atoms. The van der Waals surface area contributed by atoms with E-state index >= 15 is 0 Å². The van der Waals surface area contributed by atoms with Crippen molar-refractivity contribution in [2.24, 2.45) is 5.92 Å². The number of piperidine rings is 1. The molecular formula is C17H21N7O2. The lowest BCUT2D eigenvalue weighted by molar-refractivity contribution is -0.128. The Kier molecular flexibility index (Phi) is 5.92. The van der Waals surface area contributed by atoms with Crippen LogP contribution in [0.2, 0.25) is 0 Å². The average molecular weight is 355 g/mol. The van der Waals surface area contributed by atoms with Crippen LogP contribution in [0.25, 0.3) is 0 Å². The number of carbonyl (C=O) groups excluding carboxylic acids is 2. The molecule has 0 spiro atoms. The van der Waals surface area contributed by atoms with E-state index in [4.69, 9.17) is 0 Å². The van der Waals surface area contributed by atoms with Gasteiger partial charge in [0, 0.05) is 38.3 Å². The lowest BCUT2D eigenvalue weighted by Crippen LogP contribution is -2.43. The molecule has 1 atom stereocenters. The normalized spacial score (nSPS) is 16.5. The fourth-order valence-electron chi connectivity index (χ4n) is 2.57. The summed E-state index contributed by atoms with van der Waals surface area (Å²) >= 11 is 0. The van der Waals surface area contributed by atoms with Gasteiger partial charge in [-0.05, 0) is 18.6 Å². The molecule has 0 aliphatic carbocycles. The summed E-state index contributed by atoms with van der Waals surface area (Å²) in [6, 6.07) is 7.34. The number of pyridine rings is 1. The van der Waals surface area contributed by atoms with Gasteiger partial charge in [-0.25, -0.2) is 15.0 Å². The Morgan fingerprint density at radius 1 is 1.15 bits per heavy atom. The molecule has 1 saturated heterocycles. The number of hydrogen-bond acceptors (Lipinski definition) is 7. The summed E-state index contributed by atoms with van der Waals surface area (Å²) in [5.41, 5.74) is 0. The minimum atomic E-state index is -0.152. The van der Waals surface area contributed by atoms with E-state index in [0.717, 1.165) is 0 Å². The molecular weight excluding hydrogens is 334 g/mol. The van der Waals surface area contributed by atoms with Crippen molar-refractivity contribution in [2.45, 2.75) is 12.8 Å². The first kappa shape index (κ1) is 17.6.